The minimum atomic E-state index is -0.0248. The Hall–Kier alpha value is -2.57. The number of nitrogens with one attached hydrogen (secondary N) is 2. The molecule has 2 fully saturated rings. The maximum Gasteiger partial charge on any atom is 0.244 e. The number of carbonyl (C=O) groups is 1. The summed E-state index contributed by atoms with van der Waals surface area (Å²) in [5.41, 5.74) is 5.13. The van der Waals surface area contributed by atoms with Crippen LogP contribution >= 0.6 is 15.9 Å². The van der Waals surface area contributed by atoms with Gasteiger partial charge in [0, 0.05) is 71.6 Å². The smallest absolute Gasteiger partial charge is 0.244 e. The summed E-state index contributed by atoms with van der Waals surface area (Å²) in [5, 5.41) is 4.29. The molecule has 0 radical (unpaired) electrons. The molecule has 1 saturated carbocycles. The van der Waals surface area contributed by atoms with Gasteiger partial charge in [-0.3, -0.25) is 4.79 Å². The van der Waals surface area contributed by atoms with Crippen molar-refractivity contribution in [3.8, 4) is 0 Å². The molecule has 2 aliphatic heterocycles. The number of fused-ring (bicyclic) bond motifs is 3. The summed E-state index contributed by atoms with van der Waals surface area (Å²) in [4.78, 5) is 20.8. The molecule has 5 nitrogen and oxygen atoms in total. The van der Waals surface area contributed by atoms with Crippen LogP contribution in [0.15, 0.2) is 70.6 Å². The first-order valence-corrected chi connectivity index (χ1v) is 13.0. The lowest BCUT2D eigenvalue weighted by Gasteiger charge is -2.51. The van der Waals surface area contributed by atoms with Crippen LogP contribution in [0.4, 0.5) is 0 Å². The molecule has 3 heterocycles. The van der Waals surface area contributed by atoms with Gasteiger partial charge in [0.15, 0.2) is 0 Å². The highest BCUT2D eigenvalue weighted by molar-refractivity contribution is 9.10. The van der Waals surface area contributed by atoms with E-state index < -0.39 is 0 Å². The van der Waals surface area contributed by atoms with Crippen molar-refractivity contribution in [3.63, 3.8) is 0 Å². The van der Waals surface area contributed by atoms with Gasteiger partial charge in [-0.1, -0.05) is 28.1 Å². The van der Waals surface area contributed by atoms with Gasteiger partial charge in [0.05, 0.1) is 0 Å². The van der Waals surface area contributed by atoms with Crippen LogP contribution in [-0.2, 0) is 4.79 Å². The molecular formula is C28H31BrN4O. The van der Waals surface area contributed by atoms with E-state index in [1.165, 1.54) is 18.5 Å². The first-order valence-electron chi connectivity index (χ1n) is 12.2. The predicted octanol–water partition coefficient (Wildman–Crippen LogP) is 4.92. The highest BCUT2D eigenvalue weighted by Gasteiger charge is 2.49. The number of aromatic amines is 1. The highest BCUT2D eigenvalue weighted by atomic mass is 79.9. The highest BCUT2D eigenvalue weighted by Crippen LogP contribution is 2.52. The Morgan fingerprint density at radius 2 is 2.21 bits per heavy atom. The Morgan fingerprint density at radius 1 is 1.32 bits per heavy atom. The van der Waals surface area contributed by atoms with E-state index in [1.807, 2.05) is 24.4 Å². The van der Waals surface area contributed by atoms with E-state index in [9.17, 15) is 4.79 Å². The van der Waals surface area contributed by atoms with E-state index in [2.05, 4.69) is 80.6 Å². The number of nitrogens with zero attached hydrogens (tertiary/aromatic N) is 2. The Morgan fingerprint density at radius 3 is 3.09 bits per heavy atom. The molecule has 1 amide bonds. The van der Waals surface area contributed by atoms with Gasteiger partial charge in [-0.2, -0.15) is 0 Å². The number of aromatic nitrogens is 1. The number of H-pyrrole nitrogens is 1. The van der Waals surface area contributed by atoms with Crippen LogP contribution in [0.1, 0.15) is 18.4 Å². The molecule has 2 N–H and O–H groups in total. The average molecular weight is 519 g/mol. The van der Waals surface area contributed by atoms with Gasteiger partial charge >= 0.3 is 0 Å². The number of hydrogen-bond donors (Lipinski definition) is 2. The number of rotatable bonds is 4. The van der Waals surface area contributed by atoms with Crippen molar-refractivity contribution < 1.29 is 4.79 Å². The van der Waals surface area contributed by atoms with Crippen LogP contribution in [0.5, 0.6) is 0 Å². The molecule has 5 atom stereocenters. The zero-order valence-electron chi connectivity index (χ0n) is 19.7. The topological polar surface area (TPSA) is 51.4 Å². The average Bonchev–Trinajstić information content (AvgIpc) is 3.38. The van der Waals surface area contributed by atoms with Crippen molar-refractivity contribution in [2.24, 2.45) is 23.7 Å². The van der Waals surface area contributed by atoms with Crippen LogP contribution in [0, 0.1) is 23.7 Å². The summed E-state index contributed by atoms with van der Waals surface area (Å²) >= 11 is 3.53. The van der Waals surface area contributed by atoms with Crippen LogP contribution in [0.3, 0.4) is 0 Å². The quantitative estimate of drug-likeness (QED) is 0.565. The summed E-state index contributed by atoms with van der Waals surface area (Å²) < 4.78 is 1.03. The molecular weight excluding hydrogens is 488 g/mol. The molecule has 1 aromatic heterocycles. The number of likely N-dealkylation sites (tertiary alicyclic amines) is 1. The van der Waals surface area contributed by atoms with Gasteiger partial charge in [0.25, 0.3) is 0 Å². The van der Waals surface area contributed by atoms with E-state index >= 15 is 0 Å². The number of carbonyl (C=O) groups excluding carboxylic acids is 1. The monoisotopic (exact) mass is 518 g/mol. The summed E-state index contributed by atoms with van der Waals surface area (Å²) in [6.45, 7) is 1.76. The molecule has 4 aliphatic rings. The third kappa shape index (κ3) is 3.77. The van der Waals surface area contributed by atoms with Crippen LogP contribution in [0.2, 0.25) is 0 Å². The Kier molecular flexibility index (Phi) is 5.53. The molecule has 34 heavy (non-hydrogen) atoms. The number of allylic oxidation sites excluding steroid dienone is 4. The Labute approximate surface area is 209 Å². The summed E-state index contributed by atoms with van der Waals surface area (Å²) in [7, 11) is 4.45. The van der Waals surface area contributed by atoms with E-state index in [1.54, 1.807) is 11.6 Å². The van der Waals surface area contributed by atoms with Crippen LogP contribution in [-0.4, -0.2) is 53.9 Å². The van der Waals surface area contributed by atoms with Crippen LogP contribution in [0.25, 0.3) is 17.0 Å². The lowest BCUT2D eigenvalue weighted by molar-refractivity contribution is -0.116. The Bertz CT molecular complexity index is 1250. The van der Waals surface area contributed by atoms with Gasteiger partial charge < -0.3 is 20.1 Å². The van der Waals surface area contributed by atoms with Gasteiger partial charge in [0.2, 0.25) is 5.91 Å². The normalized spacial score (nSPS) is 30.3. The fraction of sp³-hybridized carbons (Fsp3) is 0.393. The molecule has 6 heteroatoms. The zero-order valence-corrected chi connectivity index (χ0v) is 21.3. The molecule has 2 unspecified atom stereocenters. The first kappa shape index (κ1) is 21.9. The molecule has 0 bridgehead atoms. The fourth-order valence-electron chi connectivity index (χ4n) is 6.76. The van der Waals surface area contributed by atoms with Crippen molar-refractivity contribution in [1.29, 1.82) is 0 Å². The number of benzene rings is 1. The minimum absolute atomic E-state index is 0.0248. The molecule has 2 aliphatic carbocycles. The van der Waals surface area contributed by atoms with Gasteiger partial charge in [-0.25, -0.2) is 0 Å². The standard InChI is InChI=1S/C28H31BrN4O/c1-32-15-17(10-23-21-4-3-5-25-28(21)19(11-26(23)32)16-33(25)2)13-31-27(34)9-6-18-14-30-24-8-7-20(29)12-22(18)24/h3-9,12,14,16-17,21,23,26,28,30H,10-11,13,15H2,1-2H3,(H,31,34)/b9-6+/t17-,21?,23+,26+,28?/m0/s1. The molecule has 2 aromatic rings. The van der Waals surface area contributed by atoms with Gasteiger partial charge in [-0.05, 0) is 79.1 Å². The molecule has 0 spiro atoms. The number of hydrogen-bond acceptors (Lipinski definition) is 3. The number of amides is 1. The zero-order chi connectivity index (χ0) is 23.4. The Balaban J connectivity index is 1.11. The summed E-state index contributed by atoms with van der Waals surface area (Å²) in [5.74, 6) is 2.20. The summed E-state index contributed by atoms with van der Waals surface area (Å²) in [6, 6.07) is 6.72. The SMILES string of the molecule is CN1C=C2C[C@@H]3[C@H](C[C@@H](CNC(=O)/C=C/c4c[nH]c5ccc(Br)cc45)CN3C)C3C=CC=C1C23. The predicted molar refractivity (Wildman–Crippen MR) is 141 cm³/mol. The third-order valence-electron chi connectivity index (χ3n) is 8.28. The maximum atomic E-state index is 12.6. The molecule has 6 rings (SSSR count). The van der Waals surface area contributed by atoms with Crippen molar-refractivity contribution in [3.05, 3.63) is 76.2 Å². The van der Waals surface area contributed by atoms with Crippen molar-refractivity contribution in [2.75, 3.05) is 27.2 Å². The number of halogens is 1. The first-order chi connectivity index (χ1) is 16.5. The lowest BCUT2D eigenvalue weighted by Crippen LogP contribution is -2.54. The largest absolute Gasteiger partial charge is 0.361 e. The van der Waals surface area contributed by atoms with Crippen molar-refractivity contribution in [2.45, 2.75) is 18.9 Å². The van der Waals surface area contributed by atoms with Gasteiger partial charge in [0.1, 0.15) is 0 Å². The van der Waals surface area contributed by atoms with Crippen LogP contribution < -0.4 is 5.32 Å². The molecule has 176 valence electrons. The van der Waals surface area contributed by atoms with E-state index in [0.717, 1.165) is 34.0 Å². The lowest BCUT2D eigenvalue weighted by atomic mass is 9.61. The van der Waals surface area contributed by atoms with E-state index in [-0.39, 0.29) is 5.91 Å². The second-order valence-corrected chi connectivity index (χ2v) is 11.3. The third-order valence-corrected chi connectivity index (χ3v) is 8.77. The molecule has 1 saturated heterocycles. The number of piperidine rings is 1. The minimum Gasteiger partial charge on any atom is -0.361 e. The molecule has 1 aromatic carbocycles. The second-order valence-electron chi connectivity index (χ2n) is 10.3. The fourth-order valence-corrected chi connectivity index (χ4v) is 7.12. The maximum absolute atomic E-state index is 12.6. The van der Waals surface area contributed by atoms with Crippen molar-refractivity contribution >= 4 is 38.8 Å². The summed E-state index contributed by atoms with van der Waals surface area (Å²) in [6.07, 6.45) is 17.2. The van der Waals surface area contributed by atoms with Crippen molar-refractivity contribution in [1.82, 2.24) is 20.1 Å². The van der Waals surface area contributed by atoms with E-state index in [4.69, 9.17) is 0 Å². The van der Waals surface area contributed by atoms with E-state index in [0.29, 0.717) is 29.7 Å². The second kappa shape index (κ2) is 8.58. The van der Waals surface area contributed by atoms with Gasteiger partial charge in [-0.15, -0.1) is 0 Å².